The first-order valence-corrected chi connectivity index (χ1v) is 13.7. The zero-order valence-electron chi connectivity index (χ0n) is 22.5. The van der Waals surface area contributed by atoms with Gasteiger partial charge in [0.1, 0.15) is 40.5 Å². The third-order valence-electron chi connectivity index (χ3n) is 6.15. The molecule has 0 spiro atoms. The molecule has 0 radical (unpaired) electrons. The third kappa shape index (κ3) is 8.29. The smallest absolute Gasteiger partial charge is 0.137 e. The second-order valence-electron chi connectivity index (χ2n) is 9.24. The Bertz CT molecular complexity index is 1310. The molecule has 1 aromatic heterocycles. The van der Waals surface area contributed by atoms with Crippen LogP contribution in [0, 0.1) is 11.3 Å². The van der Waals surface area contributed by atoms with Gasteiger partial charge in [-0.25, -0.2) is 18.9 Å². The van der Waals surface area contributed by atoms with Crippen molar-refractivity contribution in [2.45, 2.75) is 30.3 Å². The number of nitrogens with one attached hydrogen (secondary N) is 1. The zero-order valence-corrected chi connectivity index (χ0v) is 23.3. The molecule has 11 heteroatoms. The van der Waals surface area contributed by atoms with Crippen LogP contribution in [0.3, 0.4) is 0 Å². The third-order valence-corrected chi connectivity index (χ3v) is 7.35. The lowest BCUT2D eigenvalue weighted by Gasteiger charge is -2.23. The lowest BCUT2D eigenvalue weighted by molar-refractivity contribution is 0.0254. The van der Waals surface area contributed by atoms with E-state index in [0.29, 0.717) is 54.0 Å². The number of likely N-dealkylation sites (N-methyl/N-ethyl adjacent to an activating group) is 1. The molecule has 39 heavy (non-hydrogen) atoms. The topological polar surface area (TPSA) is 141 Å². The highest BCUT2D eigenvalue weighted by Gasteiger charge is 2.18. The second-order valence-corrected chi connectivity index (χ2v) is 10.5. The van der Waals surface area contributed by atoms with Crippen molar-refractivity contribution < 1.29 is 23.9 Å². The molecule has 0 saturated carbocycles. The van der Waals surface area contributed by atoms with Crippen LogP contribution < -0.4 is 14.2 Å². The summed E-state index contributed by atoms with van der Waals surface area (Å²) in [7, 11) is 4.13. The molecule has 2 heterocycles. The first-order chi connectivity index (χ1) is 18.5. The van der Waals surface area contributed by atoms with Gasteiger partial charge in [-0.1, -0.05) is 6.07 Å². The van der Waals surface area contributed by atoms with Crippen molar-refractivity contribution in [1.82, 2.24) is 19.6 Å². The number of rotatable bonds is 11. The summed E-state index contributed by atoms with van der Waals surface area (Å²) in [4.78, 5) is 11.8. The standard InChI is InChI=1S/C28H33N5O4S.H2O/c1-33(2)13-12-31-38(34)27-7-4-20(16-26(27)35-3)17-28-30-11-8-24(32-28)21-5-6-25(22(18-21)19-29)37-23-9-14-36-15-10-23;/h4-8,11,16,18,23,31H,9-10,12-15,17H2,1-3H3;1H2. The summed E-state index contributed by atoms with van der Waals surface area (Å²) in [5, 5.41) is 9.72. The van der Waals surface area contributed by atoms with E-state index in [9.17, 15) is 9.47 Å². The normalized spacial score (nSPS) is 14.3. The van der Waals surface area contributed by atoms with Crippen molar-refractivity contribution in [2.24, 2.45) is 0 Å². The van der Waals surface area contributed by atoms with E-state index in [4.69, 9.17) is 19.2 Å². The summed E-state index contributed by atoms with van der Waals surface area (Å²) < 4.78 is 32.7. The van der Waals surface area contributed by atoms with Gasteiger partial charge in [-0.15, -0.1) is 0 Å². The Kier molecular flexibility index (Phi) is 11.3. The molecule has 10 nitrogen and oxygen atoms in total. The molecule has 1 aliphatic rings. The van der Waals surface area contributed by atoms with E-state index in [-0.39, 0.29) is 11.6 Å². The summed E-state index contributed by atoms with van der Waals surface area (Å²) in [5.41, 5.74) is 2.95. The Balaban J connectivity index is 0.00000420. The molecule has 1 aliphatic heterocycles. The Hall–Kier alpha value is -3.40. The molecule has 0 bridgehead atoms. The molecule has 2 aromatic carbocycles. The van der Waals surface area contributed by atoms with E-state index < -0.39 is 11.0 Å². The van der Waals surface area contributed by atoms with E-state index in [1.165, 1.54) is 0 Å². The predicted octanol–water partition coefficient (Wildman–Crippen LogP) is 2.52. The minimum absolute atomic E-state index is 0. The second kappa shape index (κ2) is 14.7. The maximum Gasteiger partial charge on any atom is 0.137 e. The fraction of sp³-hybridized carbons (Fsp3) is 0.393. The van der Waals surface area contributed by atoms with Crippen LogP contribution in [0.2, 0.25) is 0 Å². The van der Waals surface area contributed by atoms with Crippen LogP contribution in [-0.4, -0.2) is 78.2 Å². The number of nitriles is 1. The summed E-state index contributed by atoms with van der Waals surface area (Å²) in [6.45, 7) is 2.73. The van der Waals surface area contributed by atoms with Crippen LogP contribution in [0.4, 0.5) is 0 Å². The van der Waals surface area contributed by atoms with Gasteiger partial charge in [0.15, 0.2) is 0 Å². The van der Waals surface area contributed by atoms with Gasteiger partial charge in [0.25, 0.3) is 0 Å². The Morgan fingerprint density at radius 1 is 1.15 bits per heavy atom. The largest absolute Gasteiger partial charge is 0.495 e. The molecule has 0 aliphatic carbocycles. The Morgan fingerprint density at radius 2 is 1.95 bits per heavy atom. The van der Waals surface area contributed by atoms with E-state index >= 15 is 0 Å². The summed E-state index contributed by atoms with van der Waals surface area (Å²) in [6, 6.07) is 15.2. The SMILES string of the molecule is COc1cc(Cc2nccc(-c3ccc(OC4CCOCC4)c(C#N)c3)n2)ccc1S(=O)NCCN(C)C.O. The molecule has 208 valence electrons. The van der Waals surface area contributed by atoms with E-state index in [0.717, 1.165) is 36.2 Å². The highest BCUT2D eigenvalue weighted by molar-refractivity contribution is 7.83. The van der Waals surface area contributed by atoms with Gasteiger partial charge in [-0.2, -0.15) is 5.26 Å². The number of aromatic nitrogens is 2. The van der Waals surface area contributed by atoms with Crippen LogP contribution in [0.5, 0.6) is 11.5 Å². The van der Waals surface area contributed by atoms with Crippen molar-refractivity contribution in [2.75, 3.05) is 47.5 Å². The fourth-order valence-electron chi connectivity index (χ4n) is 4.10. The number of nitrogens with zero attached hydrogens (tertiary/aromatic N) is 4. The number of ether oxygens (including phenoxy) is 3. The molecular formula is C28H35N5O5S. The van der Waals surface area contributed by atoms with Gasteiger partial charge in [0.2, 0.25) is 0 Å². The van der Waals surface area contributed by atoms with Gasteiger partial charge in [0.05, 0.1) is 36.5 Å². The molecule has 1 saturated heterocycles. The van der Waals surface area contributed by atoms with Gasteiger partial charge < -0.3 is 24.6 Å². The molecular weight excluding hydrogens is 518 g/mol. The van der Waals surface area contributed by atoms with E-state index in [2.05, 4.69) is 15.8 Å². The Morgan fingerprint density at radius 3 is 2.67 bits per heavy atom. The summed E-state index contributed by atoms with van der Waals surface area (Å²) >= 11 is 0. The zero-order chi connectivity index (χ0) is 26.9. The molecule has 1 fully saturated rings. The van der Waals surface area contributed by atoms with Crippen LogP contribution in [0.25, 0.3) is 11.3 Å². The van der Waals surface area contributed by atoms with Crippen molar-refractivity contribution in [1.29, 1.82) is 5.26 Å². The maximum atomic E-state index is 12.7. The van der Waals surface area contributed by atoms with E-state index in [1.807, 2.05) is 55.4 Å². The summed E-state index contributed by atoms with van der Waals surface area (Å²) in [5.74, 6) is 1.76. The first kappa shape index (κ1) is 30.1. The minimum Gasteiger partial charge on any atom is -0.495 e. The number of hydrogen-bond donors (Lipinski definition) is 1. The molecule has 4 rings (SSSR count). The van der Waals surface area contributed by atoms with Crippen molar-refractivity contribution in [3.63, 3.8) is 0 Å². The highest BCUT2D eigenvalue weighted by atomic mass is 32.2. The molecule has 1 unspecified atom stereocenters. The van der Waals surface area contributed by atoms with Crippen LogP contribution in [0.1, 0.15) is 29.8 Å². The maximum absolute atomic E-state index is 12.7. The molecule has 3 N–H and O–H groups in total. The quantitative estimate of drug-likeness (QED) is 0.382. The van der Waals surface area contributed by atoms with Crippen molar-refractivity contribution in [3.05, 3.63) is 65.6 Å². The number of methoxy groups -OCH3 is 1. The lowest BCUT2D eigenvalue weighted by Crippen LogP contribution is -2.28. The summed E-state index contributed by atoms with van der Waals surface area (Å²) in [6.07, 6.45) is 3.88. The van der Waals surface area contributed by atoms with Crippen LogP contribution >= 0.6 is 0 Å². The molecule has 3 aromatic rings. The molecule has 1 atom stereocenters. The van der Waals surface area contributed by atoms with Gasteiger partial charge in [-0.05, 0) is 56.1 Å². The van der Waals surface area contributed by atoms with Crippen LogP contribution in [-0.2, 0) is 22.1 Å². The van der Waals surface area contributed by atoms with E-state index in [1.54, 1.807) is 19.4 Å². The van der Waals surface area contributed by atoms with Gasteiger partial charge >= 0.3 is 0 Å². The fourth-order valence-corrected chi connectivity index (χ4v) is 5.04. The number of hydrogen-bond acceptors (Lipinski definition) is 8. The van der Waals surface area contributed by atoms with Crippen molar-refractivity contribution >= 4 is 11.0 Å². The van der Waals surface area contributed by atoms with Gasteiger partial charge in [-0.3, -0.25) is 0 Å². The highest BCUT2D eigenvalue weighted by Crippen LogP contribution is 2.28. The lowest BCUT2D eigenvalue weighted by atomic mass is 10.1. The first-order valence-electron chi connectivity index (χ1n) is 12.5. The average molecular weight is 554 g/mol. The average Bonchev–Trinajstić information content (AvgIpc) is 2.93. The Labute approximate surface area is 231 Å². The van der Waals surface area contributed by atoms with Crippen LogP contribution in [0.15, 0.2) is 53.6 Å². The molecule has 0 amide bonds. The monoisotopic (exact) mass is 553 g/mol. The minimum atomic E-state index is -1.38. The number of benzene rings is 2. The predicted molar refractivity (Wildman–Crippen MR) is 149 cm³/mol. The van der Waals surface area contributed by atoms with Gasteiger partial charge in [0, 0.05) is 44.1 Å². The van der Waals surface area contributed by atoms with Crippen molar-refractivity contribution in [3.8, 4) is 28.8 Å².